The van der Waals surface area contributed by atoms with Crippen LogP contribution in [0.5, 0.6) is 0 Å². The molecule has 0 aromatic heterocycles. The number of nitrogens with two attached hydrogens (primary N) is 1. The summed E-state index contributed by atoms with van der Waals surface area (Å²) in [4.78, 5) is 0. The lowest BCUT2D eigenvalue weighted by Crippen LogP contribution is -2.81. The van der Waals surface area contributed by atoms with Crippen molar-refractivity contribution in [3.63, 3.8) is 0 Å². The topological polar surface area (TPSA) is 29.0 Å². The Morgan fingerprint density at radius 3 is 2.89 bits per heavy atom. The molecule has 0 saturated carbocycles. The quantitative estimate of drug-likeness (QED) is 0.211. The Morgan fingerprint density at radius 1 is 1.89 bits per heavy atom. The molecule has 52 valence electrons. The van der Waals surface area contributed by atoms with Crippen LogP contribution >= 0.6 is 25.0 Å². The number of rotatable bonds is 3. The maximum atomic E-state index is 4.63. The average Bonchev–Trinajstić information content (AvgIpc) is 1.91. The summed E-state index contributed by atoms with van der Waals surface area (Å²) in [5, 5.41) is 1.66. The van der Waals surface area contributed by atoms with E-state index in [9.17, 15) is 0 Å². The normalized spacial score (nSPS) is 11.6. The fraction of sp³-hybridized carbons (Fsp3) is 0.500. The van der Waals surface area contributed by atoms with Crippen LogP contribution in [0.15, 0.2) is 4.40 Å². The molecule has 0 saturated heterocycles. The number of thiol groups is 1. The summed E-state index contributed by atoms with van der Waals surface area (Å²) < 4.78 is 5.15. The van der Waals surface area contributed by atoms with Crippen molar-refractivity contribution < 1.29 is 4.72 Å². The molecule has 0 aliphatic rings. The van der Waals surface area contributed by atoms with Crippen molar-refractivity contribution >= 4 is 49.1 Å². The van der Waals surface area contributed by atoms with Crippen molar-refractivity contribution in [3.8, 4) is 0 Å². The summed E-state index contributed by atoms with van der Waals surface area (Å²) in [6.07, 6.45) is 1.64. The van der Waals surface area contributed by atoms with E-state index in [2.05, 4.69) is 42.2 Å². The molecular formula is C4H8N2S3. The van der Waals surface area contributed by atoms with Crippen LogP contribution in [-0.4, -0.2) is 11.2 Å². The van der Waals surface area contributed by atoms with Gasteiger partial charge >= 0.3 is 0 Å². The Kier molecular flexibility index (Phi) is 6.84. The molecule has 0 amide bonds. The highest BCUT2D eigenvalue weighted by atomic mass is 32.1. The van der Waals surface area contributed by atoms with Gasteiger partial charge in [0.15, 0.2) is 5.84 Å². The van der Waals surface area contributed by atoms with Crippen LogP contribution in [0.4, 0.5) is 0 Å². The fourth-order valence-corrected chi connectivity index (χ4v) is 0.864. The first-order valence-corrected chi connectivity index (χ1v) is 3.79. The molecule has 2 N–H and O–H groups in total. The summed E-state index contributed by atoms with van der Waals surface area (Å²) in [7, 11) is 0. The van der Waals surface area contributed by atoms with Gasteiger partial charge in [-0.15, -0.1) is 0 Å². The summed E-state index contributed by atoms with van der Waals surface area (Å²) in [5.41, 5.74) is 0. The molecule has 5 heteroatoms. The minimum Gasteiger partial charge on any atom is -0.491 e. The Hall–Kier alpha value is 0.420. The summed E-state index contributed by atoms with van der Waals surface area (Å²) in [6, 6.07) is 0. The third kappa shape index (κ3) is 4.90. The van der Waals surface area contributed by atoms with Crippen molar-refractivity contribution in [2.45, 2.75) is 12.8 Å². The number of thiocarbonyl (C=S) groups is 1. The van der Waals surface area contributed by atoms with E-state index in [-0.39, 0.29) is 0 Å². The predicted octanol–water partition coefficient (Wildman–Crippen LogP) is 0.0349. The lowest BCUT2D eigenvalue weighted by atomic mass is 10.3. The molecule has 0 aromatic rings. The van der Waals surface area contributed by atoms with Gasteiger partial charge in [0.25, 0.3) is 0 Å². The molecule has 0 spiro atoms. The van der Waals surface area contributed by atoms with E-state index in [4.69, 9.17) is 0 Å². The van der Waals surface area contributed by atoms with E-state index < -0.39 is 0 Å². The largest absolute Gasteiger partial charge is 0.491 e. The van der Waals surface area contributed by atoms with Crippen molar-refractivity contribution in [2.75, 3.05) is 0 Å². The molecule has 2 nitrogen and oxygen atoms in total. The number of nitrogens with zero attached hydrogens (tertiary/aromatic N) is 1. The van der Waals surface area contributed by atoms with Gasteiger partial charge in [-0.3, -0.25) is 0 Å². The highest BCUT2D eigenvalue weighted by molar-refractivity contribution is 7.79. The van der Waals surface area contributed by atoms with Crippen molar-refractivity contribution in [2.24, 2.45) is 4.40 Å². The van der Waals surface area contributed by atoms with Crippen molar-refractivity contribution in [3.05, 3.63) is 0 Å². The van der Waals surface area contributed by atoms with Crippen LogP contribution in [0.25, 0.3) is 0 Å². The minimum absolute atomic E-state index is 0.802. The van der Waals surface area contributed by atoms with Crippen LogP contribution in [0.2, 0.25) is 0 Å². The average molecular weight is 180 g/mol. The van der Waals surface area contributed by atoms with Crippen molar-refractivity contribution in [1.82, 2.24) is 0 Å². The zero-order valence-electron chi connectivity index (χ0n) is 4.78. The standard InChI is InChI=1S/C4H8N2S3/c7-3-1-2-4(5-8)6-9/h3,9H,1-2,5H2. The van der Waals surface area contributed by atoms with Gasteiger partial charge in [0.05, 0.1) is 0 Å². The molecule has 0 radical (unpaired) electrons. The van der Waals surface area contributed by atoms with Gasteiger partial charge in [-0.05, 0) is 24.6 Å². The van der Waals surface area contributed by atoms with E-state index >= 15 is 0 Å². The van der Waals surface area contributed by atoms with Gasteiger partial charge in [0, 0.05) is 6.42 Å². The van der Waals surface area contributed by atoms with Crippen LogP contribution in [0, 0.1) is 0 Å². The summed E-state index contributed by atoms with van der Waals surface area (Å²) >= 11 is 13.0. The highest BCUT2D eigenvalue weighted by Crippen LogP contribution is 1.86. The van der Waals surface area contributed by atoms with Gasteiger partial charge in [0.2, 0.25) is 0 Å². The fourth-order valence-electron chi connectivity index (χ4n) is 0.339. The molecule has 0 bridgehead atoms. The maximum Gasteiger partial charge on any atom is 0.188 e. The third-order valence-electron chi connectivity index (χ3n) is 0.783. The molecule has 0 aliphatic carbocycles. The van der Waals surface area contributed by atoms with E-state index in [1.807, 2.05) is 0 Å². The Balaban J connectivity index is 3.44. The predicted molar refractivity (Wildman–Crippen MR) is 48.6 cm³/mol. The van der Waals surface area contributed by atoms with Crippen LogP contribution < -0.4 is 4.72 Å². The van der Waals surface area contributed by atoms with Crippen LogP contribution in [-0.2, 0) is 12.8 Å². The lowest BCUT2D eigenvalue weighted by Gasteiger charge is -2.00. The van der Waals surface area contributed by atoms with E-state index in [1.165, 1.54) is 4.72 Å². The maximum absolute atomic E-state index is 4.63. The van der Waals surface area contributed by atoms with E-state index in [0.717, 1.165) is 18.7 Å². The van der Waals surface area contributed by atoms with E-state index in [0.29, 0.717) is 0 Å². The highest BCUT2D eigenvalue weighted by Gasteiger charge is 1.92. The zero-order valence-corrected chi connectivity index (χ0v) is 7.31. The first-order chi connectivity index (χ1) is 4.35. The SMILES string of the molecule is S=CCCC(=NS)[NH2+][S-]. The monoisotopic (exact) mass is 180 g/mol. The van der Waals surface area contributed by atoms with Crippen LogP contribution in [0.1, 0.15) is 12.8 Å². The van der Waals surface area contributed by atoms with Gasteiger partial charge < -0.3 is 17.5 Å². The Morgan fingerprint density at radius 2 is 2.56 bits per heavy atom. The third-order valence-corrected chi connectivity index (χ3v) is 1.55. The second-order valence-corrected chi connectivity index (χ2v) is 2.18. The number of hydrogen-bond donors (Lipinski definition) is 2. The van der Waals surface area contributed by atoms with Gasteiger partial charge in [-0.1, -0.05) is 12.2 Å². The van der Waals surface area contributed by atoms with Gasteiger partial charge in [-0.25, -0.2) is 0 Å². The molecule has 9 heavy (non-hydrogen) atoms. The molecule has 0 atom stereocenters. The van der Waals surface area contributed by atoms with Crippen LogP contribution in [0.3, 0.4) is 0 Å². The first-order valence-electron chi connectivity index (χ1n) is 2.45. The molecule has 0 rings (SSSR count). The molecule has 0 aliphatic heterocycles. The van der Waals surface area contributed by atoms with Gasteiger partial charge in [0.1, 0.15) is 0 Å². The number of hydrogen-bond acceptors (Lipinski definition) is 4. The Labute approximate surface area is 71.2 Å². The molecule has 0 aromatic carbocycles. The van der Waals surface area contributed by atoms with Gasteiger partial charge in [-0.2, -0.15) is 4.40 Å². The summed E-state index contributed by atoms with van der Waals surface area (Å²) in [6.45, 7) is 0. The van der Waals surface area contributed by atoms with Crippen molar-refractivity contribution in [1.29, 1.82) is 0 Å². The zero-order chi connectivity index (χ0) is 7.11. The Bertz CT molecular complexity index is 112. The summed E-state index contributed by atoms with van der Waals surface area (Å²) in [5.74, 6) is 0.814. The molecule has 0 heterocycles. The second kappa shape index (κ2) is 6.54. The smallest absolute Gasteiger partial charge is 0.188 e. The van der Waals surface area contributed by atoms with E-state index in [1.54, 1.807) is 5.37 Å². The second-order valence-electron chi connectivity index (χ2n) is 1.41. The molecular weight excluding hydrogens is 172 g/mol. The molecule has 0 fully saturated rings. The number of quaternary nitrogens is 1. The number of amidine groups is 1. The minimum atomic E-state index is 0.802. The first kappa shape index (κ1) is 9.42. The molecule has 0 unspecified atom stereocenters. The lowest BCUT2D eigenvalue weighted by molar-refractivity contribution is -0.340.